The van der Waals surface area contributed by atoms with Crippen LogP contribution in [0.4, 0.5) is 0 Å². The SMILES string of the molecule is C[C@H](Oc1ccc2c(c1)OCO2)C(=O)N1CC(n2cc(C3CC3)nn2)C1. The molecule has 1 amide bonds. The van der Waals surface area contributed by atoms with Crippen molar-refractivity contribution in [3.05, 3.63) is 30.1 Å². The summed E-state index contributed by atoms with van der Waals surface area (Å²) in [5.74, 6) is 2.50. The van der Waals surface area contributed by atoms with Crippen LogP contribution in [0.5, 0.6) is 17.2 Å². The van der Waals surface area contributed by atoms with E-state index in [1.54, 1.807) is 30.0 Å². The van der Waals surface area contributed by atoms with Gasteiger partial charge in [0.05, 0.1) is 11.7 Å². The molecule has 8 heteroatoms. The second kappa shape index (κ2) is 5.89. The lowest BCUT2D eigenvalue weighted by Gasteiger charge is -2.40. The number of fused-ring (bicyclic) bond motifs is 1. The van der Waals surface area contributed by atoms with Crippen LogP contribution in [0.15, 0.2) is 24.4 Å². The highest BCUT2D eigenvalue weighted by atomic mass is 16.7. The van der Waals surface area contributed by atoms with Gasteiger partial charge in [0, 0.05) is 31.3 Å². The number of carbonyl (C=O) groups is 1. The van der Waals surface area contributed by atoms with Gasteiger partial charge in [-0.3, -0.25) is 4.79 Å². The first-order chi connectivity index (χ1) is 12.7. The molecular weight excluding hydrogens is 336 g/mol. The Hall–Kier alpha value is -2.77. The number of benzene rings is 1. The Kier molecular flexibility index (Phi) is 3.51. The van der Waals surface area contributed by atoms with Gasteiger partial charge in [-0.15, -0.1) is 5.10 Å². The van der Waals surface area contributed by atoms with Crippen LogP contribution in [0.3, 0.4) is 0 Å². The number of likely N-dealkylation sites (tertiary alicyclic amines) is 1. The van der Waals surface area contributed by atoms with Gasteiger partial charge in [-0.05, 0) is 31.9 Å². The van der Waals surface area contributed by atoms with Gasteiger partial charge in [0.25, 0.3) is 5.91 Å². The van der Waals surface area contributed by atoms with E-state index in [-0.39, 0.29) is 18.7 Å². The van der Waals surface area contributed by atoms with Gasteiger partial charge in [-0.25, -0.2) is 4.68 Å². The van der Waals surface area contributed by atoms with Crippen LogP contribution in [0, 0.1) is 0 Å². The van der Waals surface area contributed by atoms with Gasteiger partial charge in [0.2, 0.25) is 6.79 Å². The van der Waals surface area contributed by atoms with E-state index in [0.717, 1.165) is 5.69 Å². The van der Waals surface area contributed by atoms with Gasteiger partial charge in [-0.1, -0.05) is 5.21 Å². The molecule has 26 heavy (non-hydrogen) atoms. The molecule has 8 nitrogen and oxygen atoms in total. The fourth-order valence-corrected chi connectivity index (χ4v) is 3.30. The smallest absolute Gasteiger partial charge is 0.263 e. The zero-order valence-electron chi connectivity index (χ0n) is 14.5. The Balaban J connectivity index is 1.16. The van der Waals surface area contributed by atoms with Crippen molar-refractivity contribution in [1.29, 1.82) is 0 Å². The molecule has 2 fully saturated rings. The third-order valence-electron chi connectivity index (χ3n) is 5.08. The van der Waals surface area contributed by atoms with Crippen LogP contribution in [0.2, 0.25) is 0 Å². The molecule has 2 aromatic rings. The second-order valence-electron chi connectivity index (χ2n) is 7.07. The minimum atomic E-state index is -0.561. The van der Waals surface area contributed by atoms with Crippen molar-refractivity contribution < 1.29 is 19.0 Å². The molecule has 136 valence electrons. The molecule has 0 bridgehead atoms. The van der Waals surface area contributed by atoms with E-state index in [4.69, 9.17) is 14.2 Å². The van der Waals surface area contributed by atoms with E-state index in [2.05, 4.69) is 10.3 Å². The van der Waals surface area contributed by atoms with Crippen LogP contribution in [0.25, 0.3) is 0 Å². The lowest BCUT2D eigenvalue weighted by atomic mass is 10.1. The Labute approximate surface area is 150 Å². The average Bonchev–Trinajstić information content (AvgIpc) is 3.15. The Bertz CT molecular complexity index is 841. The van der Waals surface area contributed by atoms with Gasteiger partial charge >= 0.3 is 0 Å². The highest BCUT2D eigenvalue weighted by molar-refractivity contribution is 5.81. The average molecular weight is 356 g/mol. The van der Waals surface area contributed by atoms with Crippen LogP contribution < -0.4 is 14.2 Å². The van der Waals surface area contributed by atoms with Crippen molar-refractivity contribution in [2.75, 3.05) is 19.9 Å². The maximum absolute atomic E-state index is 12.6. The summed E-state index contributed by atoms with van der Waals surface area (Å²) in [4.78, 5) is 14.4. The fourth-order valence-electron chi connectivity index (χ4n) is 3.30. The molecule has 0 unspecified atom stereocenters. The predicted molar refractivity (Wildman–Crippen MR) is 90.3 cm³/mol. The molecule has 5 rings (SSSR count). The van der Waals surface area contributed by atoms with E-state index in [0.29, 0.717) is 36.3 Å². The molecule has 0 spiro atoms. The number of rotatable bonds is 5. The highest BCUT2D eigenvalue weighted by Crippen LogP contribution is 2.39. The summed E-state index contributed by atoms with van der Waals surface area (Å²) >= 11 is 0. The second-order valence-corrected chi connectivity index (χ2v) is 7.07. The Morgan fingerprint density at radius 1 is 1.27 bits per heavy atom. The number of ether oxygens (including phenoxy) is 3. The van der Waals surface area contributed by atoms with E-state index in [9.17, 15) is 4.79 Å². The first-order valence-corrected chi connectivity index (χ1v) is 8.94. The van der Waals surface area contributed by atoms with E-state index < -0.39 is 6.10 Å². The molecule has 0 N–H and O–H groups in total. The van der Waals surface area contributed by atoms with Gasteiger partial charge in [0.15, 0.2) is 17.6 Å². The molecule has 1 atom stereocenters. The molecule has 2 aliphatic heterocycles. The number of hydrogen-bond acceptors (Lipinski definition) is 6. The van der Waals surface area contributed by atoms with Gasteiger partial charge in [-0.2, -0.15) is 0 Å². The predicted octanol–water partition coefficient (Wildman–Crippen LogP) is 1.73. The molecule has 1 saturated carbocycles. The molecular formula is C18H20N4O4. The summed E-state index contributed by atoms with van der Waals surface area (Å²) < 4.78 is 18.3. The molecule has 3 heterocycles. The Morgan fingerprint density at radius 2 is 2.08 bits per heavy atom. The summed E-state index contributed by atoms with van der Waals surface area (Å²) in [6.07, 6.45) is 3.89. The van der Waals surface area contributed by atoms with Crippen molar-refractivity contribution >= 4 is 5.91 Å². The maximum Gasteiger partial charge on any atom is 0.263 e. The standard InChI is InChI=1S/C18H20N4O4/c1-11(26-14-4-5-16-17(6-14)25-10-24-16)18(23)21-7-13(8-21)22-9-15(19-20-22)12-2-3-12/h4-6,9,11-13H,2-3,7-8,10H2,1H3/t11-/m0/s1. The zero-order valence-corrected chi connectivity index (χ0v) is 14.5. The molecule has 3 aliphatic rings. The summed E-state index contributed by atoms with van der Waals surface area (Å²) in [5.41, 5.74) is 1.08. The van der Waals surface area contributed by atoms with Crippen LogP contribution in [-0.4, -0.2) is 51.8 Å². The number of carbonyl (C=O) groups excluding carboxylic acids is 1. The lowest BCUT2D eigenvalue weighted by molar-refractivity contribution is -0.144. The normalized spacial score (nSPS) is 20.0. The molecule has 1 aromatic carbocycles. The monoisotopic (exact) mass is 356 g/mol. The van der Waals surface area contributed by atoms with Crippen molar-refractivity contribution in [3.63, 3.8) is 0 Å². The van der Waals surface area contributed by atoms with Crippen LogP contribution in [-0.2, 0) is 4.79 Å². The minimum Gasteiger partial charge on any atom is -0.481 e. The first kappa shape index (κ1) is 15.5. The van der Waals surface area contributed by atoms with Crippen molar-refractivity contribution in [2.24, 2.45) is 0 Å². The van der Waals surface area contributed by atoms with E-state index in [1.165, 1.54) is 12.8 Å². The number of amides is 1. The van der Waals surface area contributed by atoms with Crippen molar-refractivity contribution in [2.45, 2.75) is 37.8 Å². The highest BCUT2D eigenvalue weighted by Gasteiger charge is 2.36. The molecule has 0 radical (unpaired) electrons. The quantitative estimate of drug-likeness (QED) is 0.812. The fraction of sp³-hybridized carbons (Fsp3) is 0.500. The summed E-state index contributed by atoms with van der Waals surface area (Å²) in [6.45, 7) is 3.26. The van der Waals surface area contributed by atoms with Crippen LogP contribution >= 0.6 is 0 Å². The van der Waals surface area contributed by atoms with Crippen molar-refractivity contribution in [1.82, 2.24) is 19.9 Å². The summed E-state index contributed by atoms with van der Waals surface area (Å²) in [5, 5.41) is 8.44. The molecule has 1 saturated heterocycles. The van der Waals surface area contributed by atoms with Gasteiger partial charge in [0.1, 0.15) is 5.75 Å². The topological polar surface area (TPSA) is 78.7 Å². The largest absolute Gasteiger partial charge is 0.481 e. The molecule has 1 aliphatic carbocycles. The number of aromatic nitrogens is 3. The van der Waals surface area contributed by atoms with Gasteiger partial charge < -0.3 is 19.1 Å². The third-order valence-corrected chi connectivity index (χ3v) is 5.08. The zero-order chi connectivity index (χ0) is 17.7. The number of hydrogen-bond donors (Lipinski definition) is 0. The summed E-state index contributed by atoms with van der Waals surface area (Å²) in [7, 11) is 0. The lowest BCUT2D eigenvalue weighted by Crippen LogP contribution is -2.54. The third kappa shape index (κ3) is 2.75. The van der Waals surface area contributed by atoms with Crippen LogP contribution in [0.1, 0.15) is 37.4 Å². The Morgan fingerprint density at radius 3 is 2.88 bits per heavy atom. The maximum atomic E-state index is 12.6. The summed E-state index contributed by atoms with van der Waals surface area (Å²) in [6, 6.07) is 5.53. The number of nitrogens with zero attached hydrogens (tertiary/aromatic N) is 4. The first-order valence-electron chi connectivity index (χ1n) is 8.94. The van der Waals surface area contributed by atoms with Crippen molar-refractivity contribution in [3.8, 4) is 17.2 Å². The van der Waals surface area contributed by atoms with E-state index in [1.807, 2.05) is 10.9 Å². The minimum absolute atomic E-state index is 0.0264. The molecule has 1 aromatic heterocycles. The van der Waals surface area contributed by atoms with E-state index >= 15 is 0 Å².